The van der Waals surface area contributed by atoms with Crippen LogP contribution >= 0.6 is 0 Å². The van der Waals surface area contributed by atoms with E-state index in [1.54, 1.807) is 5.56 Å². The van der Waals surface area contributed by atoms with Crippen molar-refractivity contribution in [2.45, 2.75) is 44.6 Å². The van der Waals surface area contributed by atoms with Crippen LogP contribution in [0, 0.1) is 0 Å². The van der Waals surface area contributed by atoms with Crippen LogP contribution in [0.5, 0.6) is 0 Å². The lowest BCUT2D eigenvalue weighted by Gasteiger charge is -2.26. The van der Waals surface area contributed by atoms with Crippen LogP contribution in [0.15, 0.2) is 18.2 Å². The minimum absolute atomic E-state index is 0.755. The molecule has 2 heteroatoms. The van der Waals surface area contributed by atoms with Crippen molar-refractivity contribution in [2.75, 3.05) is 18.0 Å². The molecule has 92 valence electrons. The summed E-state index contributed by atoms with van der Waals surface area (Å²) in [5.74, 6) is 0. The third-order valence-corrected chi connectivity index (χ3v) is 4.27. The lowest BCUT2D eigenvalue weighted by molar-refractivity contribution is 0.625. The monoisotopic (exact) mass is 230 g/mol. The Morgan fingerprint density at radius 3 is 2.82 bits per heavy atom. The van der Waals surface area contributed by atoms with E-state index in [9.17, 15) is 0 Å². The minimum atomic E-state index is 0.755. The molecule has 0 atom stereocenters. The minimum Gasteiger partial charge on any atom is -0.368 e. The topological polar surface area (TPSA) is 29.3 Å². The van der Waals surface area contributed by atoms with Crippen molar-refractivity contribution in [1.82, 2.24) is 0 Å². The van der Waals surface area contributed by atoms with Gasteiger partial charge in [-0.2, -0.15) is 0 Å². The predicted octanol–water partition coefficient (Wildman–Crippen LogP) is 2.49. The Kier molecular flexibility index (Phi) is 3.06. The molecule has 0 spiro atoms. The smallest absolute Gasteiger partial charge is 0.0402 e. The lowest BCUT2D eigenvalue weighted by atomic mass is 10.1. The van der Waals surface area contributed by atoms with Gasteiger partial charge in [0.1, 0.15) is 0 Å². The molecule has 1 heterocycles. The largest absolute Gasteiger partial charge is 0.368 e. The van der Waals surface area contributed by atoms with Gasteiger partial charge < -0.3 is 10.6 Å². The quantitative estimate of drug-likeness (QED) is 0.864. The molecule has 0 aromatic heterocycles. The van der Waals surface area contributed by atoms with E-state index in [2.05, 4.69) is 23.1 Å². The third kappa shape index (κ3) is 2.06. The maximum absolute atomic E-state index is 5.62. The average Bonchev–Trinajstić information content (AvgIpc) is 2.96. The molecule has 2 N–H and O–H groups in total. The van der Waals surface area contributed by atoms with Gasteiger partial charge in [-0.25, -0.2) is 0 Å². The first-order valence-corrected chi connectivity index (χ1v) is 6.97. The van der Waals surface area contributed by atoms with Gasteiger partial charge in [0.2, 0.25) is 0 Å². The number of nitrogens with zero attached hydrogens (tertiary/aromatic N) is 1. The molecule has 0 saturated heterocycles. The summed E-state index contributed by atoms with van der Waals surface area (Å²) in [4.78, 5) is 2.65. The first-order valence-electron chi connectivity index (χ1n) is 6.97. The van der Waals surface area contributed by atoms with E-state index in [0.717, 1.165) is 19.0 Å². The van der Waals surface area contributed by atoms with Crippen LogP contribution < -0.4 is 10.6 Å². The van der Waals surface area contributed by atoms with Crippen LogP contribution in [-0.4, -0.2) is 19.1 Å². The van der Waals surface area contributed by atoms with Gasteiger partial charge in [0, 0.05) is 18.3 Å². The van der Waals surface area contributed by atoms with E-state index < -0.39 is 0 Å². The molecule has 17 heavy (non-hydrogen) atoms. The Morgan fingerprint density at radius 2 is 2.06 bits per heavy atom. The van der Waals surface area contributed by atoms with Gasteiger partial charge in [-0.1, -0.05) is 25.0 Å². The Hall–Kier alpha value is -1.02. The van der Waals surface area contributed by atoms with E-state index in [0.29, 0.717) is 0 Å². The number of anilines is 1. The van der Waals surface area contributed by atoms with Crippen LogP contribution in [0.1, 0.15) is 36.8 Å². The molecular formula is C15H22N2. The molecular weight excluding hydrogens is 208 g/mol. The standard InChI is InChI=1S/C15H22N2/c16-9-7-12-5-6-15-13(11-12)8-10-17(15)14-3-1-2-4-14/h5-6,11,14H,1-4,7-10,16H2. The highest BCUT2D eigenvalue weighted by Crippen LogP contribution is 2.35. The zero-order valence-corrected chi connectivity index (χ0v) is 10.5. The maximum Gasteiger partial charge on any atom is 0.0402 e. The van der Waals surface area contributed by atoms with Crippen molar-refractivity contribution in [1.29, 1.82) is 0 Å². The molecule has 1 aromatic rings. The summed E-state index contributed by atoms with van der Waals surface area (Å²) in [7, 11) is 0. The van der Waals surface area contributed by atoms with Gasteiger partial charge >= 0.3 is 0 Å². The van der Waals surface area contributed by atoms with Gasteiger partial charge in [0.25, 0.3) is 0 Å². The molecule has 2 aliphatic rings. The Labute approximate surface area is 104 Å². The zero-order chi connectivity index (χ0) is 11.7. The van der Waals surface area contributed by atoms with E-state index in [-0.39, 0.29) is 0 Å². The fourth-order valence-electron chi connectivity index (χ4n) is 3.40. The van der Waals surface area contributed by atoms with E-state index in [1.807, 2.05) is 0 Å². The molecule has 0 unspecified atom stereocenters. The van der Waals surface area contributed by atoms with Crippen molar-refractivity contribution in [3.05, 3.63) is 29.3 Å². The molecule has 1 aliphatic heterocycles. The number of nitrogens with two attached hydrogens (primary N) is 1. The van der Waals surface area contributed by atoms with Crippen LogP contribution in [0.25, 0.3) is 0 Å². The summed E-state index contributed by atoms with van der Waals surface area (Å²) in [6, 6.07) is 7.78. The van der Waals surface area contributed by atoms with Crippen molar-refractivity contribution >= 4 is 5.69 Å². The summed E-state index contributed by atoms with van der Waals surface area (Å²) in [6.07, 6.45) is 7.86. The molecule has 3 rings (SSSR count). The maximum atomic E-state index is 5.62. The molecule has 2 nitrogen and oxygen atoms in total. The highest BCUT2D eigenvalue weighted by molar-refractivity contribution is 5.60. The summed E-state index contributed by atoms with van der Waals surface area (Å²) in [6.45, 7) is 1.98. The first kappa shape index (κ1) is 11.1. The van der Waals surface area contributed by atoms with E-state index in [4.69, 9.17) is 5.73 Å². The van der Waals surface area contributed by atoms with Gasteiger partial charge in [0.05, 0.1) is 0 Å². The van der Waals surface area contributed by atoms with Gasteiger partial charge in [-0.3, -0.25) is 0 Å². The van der Waals surface area contributed by atoms with Crippen LogP contribution in [0.2, 0.25) is 0 Å². The second-order valence-electron chi connectivity index (χ2n) is 5.38. The second kappa shape index (κ2) is 4.69. The molecule has 1 aromatic carbocycles. The van der Waals surface area contributed by atoms with E-state index >= 15 is 0 Å². The number of fused-ring (bicyclic) bond motifs is 1. The van der Waals surface area contributed by atoms with E-state index in [1.165, 1.54) is 49.9 Å². The first-order chi connectivity index (χ1) is 8.38. The summed E-state index contributed by atoms with van der Waals surface area (Å²) in [5.41, 5.74) is 10.1. The van der Waals surface area contributed by atoms with Crippen LogP contribution in [0.4, 0.5) is 5.69 Å². The SMILES string of the molecule is NCCc1ccc2c(c1)CCN2C1CCCC1. The van der Waals surface area contributed by atoms with Crippen molar-refractivity contribution < 1.29 is 0 Å². The fourth-order valence-corrected chi connectivity index (χ4v) is 3.40. The summed E-state index contributed by atoms with van der Waals surface area (Å²) < 4.78 is 0. The molecule has 0 amide bonds. The number of rotatable bonds is 3. The average molecular weight is 230 g/mol. The second-order valence-corrected chi connectivity index (χ2v) is 5.38. The fraction of sp³-hybridized carbons (Fsp3) is 0.600. The Balaban J connectivity index is 1.82. The van der Waals surface area contributed by atoms with Crippen molar-refractivity contribution in [3.8, 4) is 0 Å². The van der Waals surface area contributed by atoms with Gasteiger partial charge in [-0.15, -0.1) is 0 Å². The van der Waals surface area contributed by atoms with Crippen molar-refractivity contribution in [3.63, 3.8) is 0 Å². The molecule has 1 fully saturated rings. The number of benzene rings is 1. The summed E-state index contributed by atoms with van der Waals surface area (Å²) >= 11 is 0. The normalized spacial score (nSPS) is 19.9. The molecule has 0 bridgehead atoms. The van der Waals surface area contributed by atoms with Crippen LogP contribution in [0.3, 0.4) is 0 Å². The molecule has 0 radical (unpaired) electrons. The van der Waals surface area contributed by atoms with Crippen LogP contribution in [-0.2, 0) is 12.8 Å². The molecule has 1 saturated carbocycles. The third-order valence-electron chi connectivity index (χ3n) is 4.27. The van der Waals surface area contributed by atoms with Crippen molar-refractivity contribution in [2.24, 2.45) is 5.73 Å². The lowest BCUT2D eigenvalue weighted by Crippen LogP contribution is -2.31. The summed E-state index contributed by atoms with van der Waals surface area (Å²) in [5, 5.41) is 0. The highest BCUT2D eigenvalue weighted by atomic mass is 15.2. The zero-order valence-electron chi connectivity index (χ0n) is 10.5. The predicted molar refractivity (Wildman–Crippen MR) is 72.5 cm³/mol. The van der Waals surface area contributed by atoms with Gasteiger partial charge in [0.15, 0.2) is 0 Å². The highest BCUT2D eigenvalue weighted by Gasteiger charge is 2.27. The number of hydrogen-bond donors (Lipinski definition) is 1. The van der Waals surface area contributed by atoms with Gasteiger partial charge in [-0.05, 0) is 49.4 Å². The number of hydrogen-bond acceptors (Lipinski definition) is 2. The Morgan fingerprint density at radius 1 is 1.24 bits per heavy atom. The molecule has 1 aliphatic carbocycles. The Bertz CT molecular complexity index is 394.